The number of rotatable bonds is 3. The molecule has 0 aliphatic carbocycles. The molecule has 0 bridgehead atoms. The fourth-order valence-electron chi connectivity index (χ4n) is 0.889. The van der Waals surface area contributed by atoms with Gasteiger partial charge in [0.1, 0.15) is 0 Å². The van der Waals surface area contributed by atoms with Crippen molar-refractivity contribution in [2.75, 3.05) is 10.5 Å². The van der Waals surface area contributed by atoms with Gasteiger partial charge in [0, 0.05) is 0 Å². The van der Waals surface area contributed by atoms with E-state index in [4.69, 9.17) is 40.1 Å². The lowest BCUT2D eigenvalue weighted by Gasteiger charge is -2.08. The second kappa shape index (κ2) is 5.11. The molecule has 0 radical (unpaired) electrons. The van der Waals surface area contributed by atoms with Crippen molar-refractivity contribution >= 4 is 50.5 Å². The first-order chi connectivity index (χ1) is 7.35. The largest absolute Gasteiger partial charge is 0.281 e. The zero-order valence-corrected chi connectivity index (χ0v) is 10.8. The third-order valence-electron chi connectivity index (χ3n) is 1.53. The van der Waals surface area contributed by atoms with Crippen LogP contribution in [0.4, 0.5) is 5.69 Å². The Hall–Kier alpha value is -0.670. The summed E-state index contributed by atoms with van der Waals surface area (Å²) in [5.74, 6) is -0.663. The van der Waals surface area contributed by atoms with E-state index in [0.717, 1.165) is 0 Å². The molecule has 0 saturated carbocycles. The average Bonchev–Trinajstić information content (AvgIpc) is 2.13. The van der Waals surface area contributed by atoms with Crippen LogP contribution in [0.25, 0.3) is 0 Å². The molecule has 1 aromatic carbocycles. The quantitative estimate of drug-likeness (QED) is 0.872. The minimum atomic E-state index is -3.73. The van der Waals surface area contributed by atoms with Gasteiger partial charge in [-0.25, -0.2) is 8.42 Å². The van der Waals surface area contributed by atoms with Crippen LogP contribution in [0.2, 0.25) is 15.1 Å². The fourth-order valence-corrected chi connectivity index (χ4v) is 2.29. The van der Waals surface area contributed by atoms with Gasteiger partial charge in [-0.05, 0) is 12.1 Å². The highest BCUT2D eigenvalue weighted by Crippen LogP contribution is 2.32. The third kappa shape index (κ3) is 3.42. The Morgan fingerprint density at radius 2 is 1.75 bits per heavy atom. The van der Waals surface area contributed by atoms with E-state index in [9.17, 15) is 8.42 Å². The molecule has 1 N–H and O–H groups in total. The van der Waals surface area contributed by atoms with Gasteiger partial charge in [-0.3, -0.25) is 4.72 Å². The number of benzene rings is 1. The van der Waals surface area contributed by atoms with Gasteiger partial charge in [0.2, 0.25) is 10.0 Å². The van der Waals surface area contributed by atoms with Crippen molar-refractivity contribution in [3.63, 3.8) is 0 Å². The van der Waals surface area contributed by atoms with Crippen LogP contribution in [0, 0.1) is 11.3 Å². The molecule has 16 heavy (non-hydrogen) atoms. The van der Waals surface area contributed by atoms with Gasteiger partial charge in [-0.15, -0.1) is 0 Å². The number of sulfonamides is 1. The molecular weight excluding hydrogens is 295 g/mol. The molecular formula is C8H5Cl3N2O2S. The lowest BCUT2D eigenvalue weighted by molar-refractivity contribution is 0.604. The molecule has 0 aromatic heterocycles. The highest BCUT2D eigenvalue weighted by molar-refractivity contribution is 7.92. The first-order valence-electron chi connectivity index (χ1n) is 3.87. The Balaban J connectivity index is 3.08. The van der Waals surface area contributed by atoms with Crippen molar-refractivity contribution in [1.82, 2.24) is 0 Å². The second-order valence-electron chi connectivity index (χ2n) is 2.77. The first kappa shape index (κ1) is 13.4. The van der Waals surface area contributed by atoms with Crippen LogP contribution < -0.4 is 4.72 Å². The molecule has 0 heterocycles. The number of halogens is 3. The molecule has 0 spiro atoms. The van der Waals surface area contributed by atoms with Gasteiger partial charge in [0.15, 0.2) is 5.75 Å². The first-order valence-corrected chi connectivity index (χ1v) is 6.66. The highest BCUT2D eigenvalue weighted by Gasteiger charge is 2.13. The maximum atomic E-state index is 11.3. The molecule has 1 aromatic rings. The molecule has 0 saturated heterocycles. The number of nitrogens with zero attached hydrogens (tertiary/aromatic N) is 1. The SMILES string of the molecule is N#CCS(=O)(=O)Nc1cc(Cl)c(Cl)cc1Cl. The van der Waals surface area contributed by atoms with Gasteiger partial charge < -0.3 is 0 Å². The van der Waals surface area contributed by atoms with E-state index in [0.29, 0.717) is 0 Å². The zero-order valence-electron chi connectivity index (χ0n) is 7.67. The lowest BCUT2D eigenvalue weighted by atomic mass is 10.3. The molecule has 1 rings (SSSR count). The number of hydrogen-bond donors (Lipinski definition) is 1. The van der Waals surface area contributed by atoms with E-state index < -0.39 is 15.8 Å². The third-order valence-corrected chi connectivity index (χ3v) is 3.60. The lowest BCUT2D eigenvalue weighted by Crippen LogP contribution is -2.15. The normalized spacial score (nSPS) is 10.9. The summed E-state index contributed by atoms with van der Waals surface area (Å²) in [4.78, 5) is 0. The van der Waals surface area contributed by atoms with Crippen LogP contribution >= 0.6 is 34.8 Å². The van der Waals surface area contributed by atoms with Crippen LogP contribution in [-0.2, 0) is 10.0 Å². The van der Waals surface area contributed by atoms with Gasteiger partial charge in [-0.2, -0.15) is 5.26 Å². The van der Waals surface area contributed by atoms with Crippen molar-refractivity contribution in [1.29, 1.82) is 5.26 Å². The van der Waals surface area contributed by atoms with Gasteiger partial charge in [-0.1, -0.05) is 34.8 Å². The summed E-state index contributed by atoms with van der Waals surface area (Å²) in [6.07, 6.45) is 0. The molecule has 0 aliphatic heterocycles. The van der Waals surface area contributed by atoms with Gasteiger partial charge in [0.05, 0.1) is 26.8 Å². The summed E-state index contributed by atoms with van der Waals surface area (Å²) >= 11 is 17.1. The Bertz CT molecular complexity index is 551. The number of nitriles is 1. The van der Waals surface area contributed by atoms with Crippen molar-refractivity contribution in [2.45, 2.75) is 0 Å². The average molecular weight is 300 g/mol. The maximum absolute atomic E-state index is 11.3. The zero-order chi connectivity index (χ0) is 12.3. The van der Waals surface area contributed by atoms with Crippen LogP contribution in [0.3, 0.4) is 0 Å². The number of hydrogen-bond acceptors (Lipinski definition) is 3. The predicted octanol–water partition coefficient (Wildman–Crippen LogP) is 2.91. The highest BCUT2D eigenvalue weighted by atomic mass is 35.5. The summed E-state index contributed by atoms with van der Waals surface area (Å²) < 4.78 is 24.7. The van der Waals surface area contributed by atoms with Crippen molar-refractivity contribution < 1.29 is 8.42 Å². The Labute approximate surface area is 108 Å². The summed E-state index contributed by atoms with van der Waals surface area (Å²) in [6.45, 7) is 0. The second-order valence-corrected chi connectivity index (χ2v) is 5.71. The van der Waals surface area contributed by atoms with Gasteiger partial charge in [0.25, 0.3) is 0 Å². The Morgan fingerprint density at radius 3 is 2.31 bits per heavy atom. The molecule has 86 valence electrons. The molecule has 8 heteroatoms. The fraction of sp³-hybridized carbons (Fsp3) is 0.125. The molecule has 0 amide bonds. The standard InChI is InChI=1S/C8H5Cl3N2O2S/c9-5-3-7(11)8(4-6(5)10)13-16(14,15)2-1-12/h3-4,13H,2H2. The summed E-state index contributed by atoms with van der Waals surface area (Å²) in [6, 6.07) is 4.12. The topological polar surface area (TPSA) is 70.0 Å². The van der Waals surface area contributed by atoms with E-state index >= 15 is 0 Å². The van der Waals surface area contributed by atoms with E-state index in [2.05, 4.69) is 4.72 Å². The minimum absolute atomic E-state index is 0.0892. The van der Waals surface area contributed by atoms with E-state index in [-0.39, 0.29) is 20.8 Å². The summed E-state index contributed by atoms with van der Waals surface area (Å²) in [5, 5.41) is 8.79. The van der Waals surface area contributed by atoms with Crippen LogP contribution in [-0.4, -0.2) is 14.2 Å². The Kier molecular flexibility index (Phi) is 4.28. The summed E-state index contributed by atoms with van der Waals surface area (Å²) in [5.41, 5.74) is 0.0892. The molecule has 0 aliphatic rings. The van der Waals surface area contributed by atoms with Crippen LogP contribution in [0.1, 0.15) is 0 Å². The van der Waals surface area contributed by atoms with E-state index in [1.165, 1.54) is 18.2 Å². The van der Waals surface area contributed by atoms with Gasteiger partial charge >= 0.3 is 0 Å². The van der Waals surface area contributed by atoms with Crippen LogP contribution in [0.15, 0.2) is 12.1 Å². The molecule has 0 fully saturated rings. The molecule has 4 nitrogen and oxygen atoms in total. The maximum Gasteiger partial charge on any atom is 0.246 e. The summed E-state index contributed by atoms with van der Waals surface area (Å²) in [7, 11) is -3.73. The van der Waals surface area contributed by atoms with Crippen molar-refractivity contribution in [2.24, 2.45) is 0 Å². The van der Waals surface area contributed by atoms with E-state index in [1.54, 1.807) is 0 Å². The number of nitrogens with one attached hydrogen (secondary N) is 1. The smallest absolute Gasteiger partial charge is 0.246 e. The van der Waals surface area contributed by atoms with E-state index in [1.807, 2.05) is 0 Å². The monoisotopic (exact) mass is 298 g/mol. The van der Waals surface area contributed by atoms with Crippen molar-refractivity contribution in [3.05, 3.63) is 27.2 Å². The predicted molar refractivity (Wildman–Crippen MR) is 64.5 cm³/mol. The van der Waals surface area contributed by atoms with Crippen LogP contribution in [0.5, 0.6) is 0 Å². The minimum Gasteiger partial charge on any atom is -0.281 e. The Morgan fingerprint density at radius 1 is 1.19 bits per heavy atom. The molecule has 0 atom stereocenters. The van der Waals surface area contributed by atoms with Crippen molar-refractivity contribution in [3.8, 4) is 6.07 Å². The number of anilines is 1. The molecule has 0 unspecified atom stereocenters.